The van der Waals surface area contributed by atoms with Crippen molar-refractivity contribution >= 4 is 18.3 Å². The molecule has 2 saturated heterocycles. The van der Waals surface area contributed by atoms with Crippen LogP contribution in [0.1, 0.15) is 52.5 Å². The van der Waals surface area contributed by atoms with E-state index in [4.69, 9.17) is 18.8 Å². The molecule has 7 heteroatoms. The monoisotopic (exact) mass is 407 g/mol. The van der Waals surface area contributed by atoms with E-state index in [1.54, 1.807) is 20.3 Å². The lowest BCUT2D eigenvalue weighted by atomic mass is 9.78. The number of piperidine rings is 1. The highest BCUT2D eigenvalue weighted by atomic mass is 19.1. The molecule has 0 bridgehead atoms. The number of halogens is 1. The maximum atomic E-state index is 15.2. The number of aryl methyl sites for hydroxylation is 1. The van der Waals surface area contributed by atoms with Gasteiger partial charge in [0, 0.05) is 33.7 Å². The summed E-state index contributed by atoms with van der Waals surface area (Å²) in [7, 11) is 2.79. The van der Waals surface area contributed by atoms with Crippen LogP contribution in [0.5, 0.6) is 0 Å². The minimum absolute atomic E-state index is 0.163. The second kappa shape index (κ2) is 8.54. The summed E-state index contributed by atoms with van der Waals surface area (Å²) in [6.45, 7) is 11.7. The van der Waals surface area contributed by atoms with Gasteiger partial charge in [-0.05, 0) is 70.5 Å². The molecule has 3 rings (SSSR count). The SMILES string of the molecule is COC(CC1CCN(c2c(C)cc(B3OC(C)(C)C(C)(C)O3)cc2F)CC1)OC. The van der Waals surface area contributed by atoms with Crippen LogP contribution in [-0.4, -0.2) is 51.9 Å². The molecule has 0 saturated carbocycles. The molecular formula is C22H35BFNO4. The van der Waals surface area contributed by atoms with E-state index in [-0.39, 0.29) is 12.1 Å². The first-order valence-corrected chi connectivity index (χ1v) is 10.5. The first-order chi connectivity index (χ1) is 13.6. The largest absolute Gasteiger partial charge is 0.494 e. The van der Waals surface area contributed by atoms with E-state index < -0.39 is 18.3 Å². The summed E-state index contributed by atoms with van der Waals surface area (Å²) >= 11 is 0. The van der Waals surface area contributed by atoms with E-state index in [9.17, 15) is 0 Å². The van der Waals surface area contributed by atoms with Gasteiger partial charge in [-0.3, -0.25) is 0 Å². The molecule has 0 unspecified atom stereocenters. The van der Waals surface area contributed by atoms with Crippen LogP contribution in [-0.2, 0) is 18.8 Å². The maximum Gasteiger partial charge on any atom is 0.494 e. The predicted octanol–water partition coefficient (Wildman–Crippen LogP) is 3.66. The summed E-state index contributed by atoms with van der Waals surface area (Å²) in [6.07, 6.45) is 2.72. The number of hydrogen-bond donors (Lipinski definition) is 0. The van der Waals surface area contributed by atoms with E-state index in [2.05, 4.69) is 4.90 Å². The Balaban J connectivity index is 1.70. The van der Waals surface area contributed by atoms with Crippen molar-refractivity contribution < 1.29 is 23.2 Å². The summed E-state index contributed by atoms with van der Waals surface area (Å²) in [4.78, 5) is 2.16. The molecule has 0 aliphatic carbocycles. The summed E-state index contributed by atoms with van der Waals surface area (Å²) < 4.78 is 38.0. The first kappa shape index (κ1) is 22.5. The number of ether oxygens (including phenoxy) is 2. The normalized spacial score (nSPS) is 22.0. The lowest BCUT2D eigenvalue weighted by Gasteiger charge is -2.35. The molecule has 0 radical (unpaired) electrons. The van der Waals surface area contributed by atoms with Crippen LogP contribution in [0.3, 0.4) is 0 Å². The minimum atomic E-state index is -0.548. The van der Waals surface area contributed by atoms with E-state index in [1.165, 1.54) is 0 Å². The second-order valence-electron chi connectivity index (χ2n) is 9.32. The van der Waals surface area contributed by atoms with Gasteiger partial charge < -0.3 is 23.7 Å². The van der Waals surface area contributed by atoms with E-state index >= 15 is 4.39 Å². The predicted molar refractivity (Wildman–Crippen MR) is 114 cm³/mol. The molecule has 162 valence electrons. The Bertz CT molecular complexity index is 676. The van der Waals surface area contributed by atoms with Gasteiger partial charge in [0.15, 0.2) is 6.29 Å². The third kappa shape index (κ3) is 4.63. The Labute approximate surface area is 175 Å². The zero-order chi connectivity index (χ0) is 21.4. The molecule has 2 aliphatic rings. The van der Waals surface area contributed by atoms with Crippen molar-refractivity contribution in [2.75, 3.05) is 32.2 Å². The fourth-order valence-corrected chi connectivity index (χ4v) is 4.23. The summed E-state index contributed by atoms with van der Waals surface area (Å²) in [5, 5.41) is 0. The highest BCUT2D eigenvalue weighted by Gasteiger charge is 2.51. The first-order valence-electron chi connectivity index (χ1n) is 10.5. The van der Waals surface area contributed by atoms with Gasteiger partial charge in [-0.15, -0.1) is 0 Å². The van der Waals surface area contributed by atoms with Crippen molar-refractivity contribution in [1.82, 2.24) is 0 Å². The molecule has 2 heterocycles. The lowest BCUT2D eigenvalue weighted by Crippen LogP contribution is -2.41. The number of benzene rings is 1. The van der Waals surface area contributed by atoms with Crippen molar-refractivity contribution in [3.05, 3.63) is 23.5 Å². The van der Waals surface area contributed by atoms with Crippen LogP contribution >= 0.6 is 0 Å². The molecule has 0 atom stereocenters. The second-order valence-corrected chi connectivity index (χ2v) is 9.32. The lowest BCUT2D eigenvalue weighted by molar-refractivity contribution is -0.115. The number of hydrogen-bond acceptors (Lipinski definition) is 5. The molecule has 0 N–H and O–H groups in total. The molecule has 2 aliphatic heterocycles. The summed E-state index contributed by atoms with van der Waals surface area (Å²) in [6, 6.07) is 3.57. The maximum absolute atomic E-state index is 15.2. The standard InChI is InChI=1S/C22H35BFNO4/c1-15-12-17(23-28-21(2,3)22(4,5)29-23)14-18(24)20(15)25-10-8-16(9-11-25)13-19(26-6)27-7/h12,14,16,19H,8-11,13H2,1-7H3. The fourth-order valence-electron chi connectivity index (χ4n) is 4.23. The average molecular weight is 407 g/mol. The number of anilines is 1. The van der Waals surface area contributed by atoms with Gasteiger partial charge in [0.2, 0.25) is 0 Å². The third-order valence-electron chi connectivity index (χ3n) is 6.78. The molecule has 1 aromatic carbocycles. The average Bonchev–Trinajstić information content (AvgIpc) is 2.87. The highest BCUT2D eigenvalue weighted by Crippen LogP contribution is 2.37. The zero-order valence-electron chi connectivity index (χ0n) is 18.9. The van der Waals surface area contributed by atoms with Crippen LogP contribution in [0.2, 0.25) is 0 Å². The Morgan fingerprint density at radius 3 is 2.14 bits per heavy atom. The van der Waals surface area contributed by atoms with Gasteiger partial charge >= 0.3 is 7.12 Å². The molecule has 0 aromatic heterocycles. The molecule has 2 fully saturated rings. The smallest absolute Gasteiger partial charge is 0.399 e. The number of methoxy groups -OCH3 is 2. The number of rotatable bonds is 6. The number of nitrogens with zero attached hydrogens (tertiary/aromatic N) is 1. The molecule has 0 amide bonds. The Morgan fingerprint density at radius 1 is 1.10 bits per heavy atom. The van der Waals surface area contributed by atoms with E-state index in [1.807, 2.05) is 40.7 Å². The fraction of sp³-hybridized carbons (Fsp3) is 0.727. The van der Waals surface area contributed by atoms with Crippen molar-refractivity contribution in [1.29, 1.82) is 0 Å². The Morgan fingerprint density at radius 2 is 1.66 bits per heavy atom. The zero-order valence-corrected chi connectivity index (χ0v) is 18.9. The molecule has 1 aromatic rings. The van der Waals surface area contributed by atoms with E-state index in [0.717, 1.165) is 43.4 Å². The van der Waals surface area contributed by atoms with Crippen LogP contribution in [0, 0.1) is 18.7 Å². The van der Waals surface area contributed by atoms with Gasteiger partial charge in [-0.25, -0.2) is 4.39 Å². The van der Waals surface area contributed by atoms with Crippen LogP contribution in [0.25, 0.3) is 0 Å². The van der Waals surface area contributed by atoms with Gasteiger partial charge in [0.25, 0.3) is 0 Å². The highest BCUT2D eigenvalue weighted by molar-refractivity contribution is 6.62. The van der Waals surface area contributed by atoms with Crippen LogP contribution in [0.4, 0.5) is 10.1 Å². The minimum Gasteiger partial charge on any atom is -0.399 e. The topological polar surface area (TPSA) is 40.2 Å². The third-order valence-corrected chi connectivity index (χ3v) is 6.78. The van der Waals surface area contributed by atoms with Crippen molar-refractivity contribution in [2.24, 2.45) is 5.92 Å². The van der Waals surface area contributed by atoms with Crippen molar-refractivity contribution in [3.63, 3.8) is 0 Å². The van der Waals surface area contributed by atoms with Gasteiger partial charge in [0.1, 0.15) is 5.82 Å². The Kier molecular flexibility index (Phi) is 6.64. The molecule has 29 heavy (non-hydrogen) atoms. The summed E-state index contributed by atoms with van der Waals surface area (Å²) in [5.74, 6) is 0.323. The van der Waals surface area contributed by atoms with Gasteiger partial charge in [-0.2, -0.15) is 0 Å². The van der Waals surface area contributed by atoms with Crippen molar-refractivity contribution in [3.8, 4) is 0 Å². The quantitative estimate of drug-likeness (QED) is 0.532. The summed E-state index contributed by atoms with van der Waals surface area (Å²) in [5.41, 5.74) is 1.47. The van der Waals surface area contributed by atoms with Crippen LogP contribution in [0.15, 0.2) is 12.1 Å². The van der Waals surface area contributed by atoms with Crippen LogP contribution < -0.4 is 10.4 Å². The molecule has 5 nitrogen and oxygen atoms in total. The Hall–Kier alpha value is -1.15. The van der Waals surface area contributed by atoms with Crippen molar-refractivity contribution in [2.45, 2.75) is 71.4 Å². The molecular weight excluding hydrogens is 372 g/mol. The van der Waals surface area contributed by atoms with Gasteiger partial charge in [0.05, 0.1) is 16.9 Å². The van der Waals surface area contributed by atoms with Gasteiger partial charge in [-0.1, -0.05) is 6.07 Å². The van der Waals surface area contributed by atoms with E-state index in [0.29, 0.717) is 11.6 Å². The molecule has 0 spiro atoms.